The summed E-state index contributed by atoms with van der Waals surface area (Å²) in [5, 5.41) is 32.1. The van der Waals surface area contributed by atoms with E-state index in [9.17, 15) is 29.7 Å². The van der Waals surface area contributed by atoms with E-state index in [4.69, 9.17) is 11.6 Å². The Bertz CT molecular complexity index is 879. The van der Waals surface area contributed by atoms with Crippen LogP contribution in [0.5, 0.6) is 0 Å². The van der Waals surface area contributed by atoms with E-state index >= 15 is 0 Å². The number of halogens is 1. The molecule has 4 rings (SSSR count). The molecule has 0 amide bonds. The van der Waals surface area contributed by atoms with Gasteiger partial charge in [0.1, 0.15) is 5.60 Å². The van der Waals surface area contributed by atoms with Crippen LogP contribution in [0, 0.1) is 28.6 Å². The molecule has 0 heterocycles. The summed E-state index contributed by atoms with van der Waals surface area (Å²) in [6.07, 6.45) is 5.49. The highest BCUT2D eigenvalue weighted by Gasteiger charge is 2.75. The first-order valence-corrected chi connectivity index (χ1v) is 10.5. The zero-order chi connectivity index (χ0) is 21.6. The minimum atomic E-state index is -2.06. The molecule has 3 N–H and O–H groups in total. The Hall–Kier alpha value is -1.50. The number of fused-ring (bicyclic) bond motifs is 5. The van der Waals surface area contributed by atoms with Crippen LogP contribution in [-0.4, -0.2) is 49.4 Å². The number of hydrogen-bond donors (Lipinski definition) is 3. The molecule has 4 aliphatic rings. The second-order valence-electron chi connectivity index (χ2n) is 9.80. The maximum atomic E-state index is 12.6. The zero-order valence-electron chi connectivity index (χ0n) is 16.8. The van der Waals surface area contributed by atoms with Gasteiger partial charge in [-0.15, -0.1) is 11.6 Å². The first-order valence-electron chi connectivity index (χ1n) is 10.2. The molecule has 0 spiro atoms. The van der Waals surface area contributed by atoms with Crippen LogP contribution in [-0.2, 0) is 14.4 Å². The molecule has 0 aromatic carbocycles. The average Bonchev–Trinajstić information content (AvgIpc) is 2.84. The number of carbonyl (C=O) groups is 3. The maximum Gasteiger partial charge on any atom is 0.375 e. The molecule has 3 fully saturated rings. The Kier molecular flexibility index (Phi) is 4.31. The first-order chi connectivity index (χ1) is 13.3. The van der Waals surface area contributed by atoms with Gasteiger partial charge in [-0.2, -0.15) is 0 Å². The van der Waals surface area contributed by atoms with Crippen LogP contribution in [0.15, 0.2) is 23.8 Å². The third-order valence-corrected chi connectivity index (χ3v) is 9.69. The summed E-state index contributed by atoms with van der Waals surface area (Å²) in [5.74, 6) is -4.00. The second-order valence-corrected chi connectivity index (χ2v) is 10.4. The number of carboxylic acids is 1. The number of aliphatic carboxylic acids is 1. The normalized spacial score (nSPS) is 51.0. The molecule has 0 aliphatic heterocycles. The lowest BCUT2D eigenvalue weighted by molar-refractivity contribution is -0.184. The molecule has 0 bridgehead atoms. The van der Waals surface area contributed by atoms with E-state index in [1.165, 1.54) is 6.08 Å². The largest absolute Gasteiger partial charge is 0.475 e. The van der Waals surface area contributed by atoms with Crippen molar-refractivity contribution in [3.63, 3.8) is 0 Å². The summed E-state index contributed by atoms with van der Waals surface area (Å²) in [4.78, 5) is 34.9. The number of alkyl halides is 1. The molecular formula is C22H27ClO6. The highest BCUT2D eigenvalue weighted by molar-refractivity contribution is 6.36. The summed E-state index contributed by atoms with van der Waals surface area (Å²) in [7, 11) is 0. The van der Waals surface area contributed by atoms with Gasteiger partial charge in [-0.05, 0) is 55.6 Å². The lowest BCUT2D eigenvalue weighted by atomic mass is 9.45. The molecule has 0 aromatic rings. The summed E-state index contributed by atoms with van der Waals surface area (Å²) in [5.41, 5.74) is -3.00. The van der Waals surface area contributed by atoms with Gasteiger partial charge in [-0.1, -0.05) is 32.4 Å². The summed E-state index contributed by atoms with van der Waals surface area (Å²) in [6.45, 7) is 5.34. The van der Waals surface area contributed by atoms with Crippen LogP contribution in [0.2, 0.25) is 0 Å². The van der Waals surface area contributed by atoms with E-state index in [2.05, 4.69) is 0 Å². The van der Waals surface area contributed by atoms with Crippen molar-refractivity contribution in [3.8, 4) is 0 Å². The predicted octanol–water partition coefficient (Wildman–Crippen LogP) is 2.26. The molecule has 0 aromatic heterocycles. The van der Waals surface area contributed by atoms with Crippen LogP contribution in [0.4, 0.5) is 0 Å². The van der Waals surface area contributed by atoms with E-state index < -0.39 is 45.1 Å². The number of hydrogen-bond acceptors (Lipinski definition) is 5. The van der Waals surface area contributed by atoms with Gasteiger partial charge in [-0.25, -0.2) is 4.79 Å². The number of aliphatic hydroxyl groups is 2. The Morgan fingerprint density at radius 2 is 1.90 bits per heavy atom. The van der Waals surface area contributed by atoms with Crippen LogP contribution < -0.4 is 0 Å². The minimum absolute atomic E-state index is 0.0161. The number of aliphatic hydroxyl groups excluding tert-OH is 1. The molecule has 29 heavy (non-hydrogen) atoms. The van der Waals surface area contributed by atoms with Crippen molar-refractivity contribution >= 4 is 29.1 Å². The number of rotatable bonds is 2. The average molecular weight is 423 g/mol. The van der Waals surface area contributed by atoms with E-state index in [1.807, 2.05) is 6.92 Å². The van der Waals surface area contributed by atoms with Crippen LogP contribution >= 0.6 is 11.6 Å². The van der Waals surface area contributed by atoms with Gasteiger partial charge in [0.05, 0.1) is 11.0 Å². The van der Waals surface area contributed by atoms with Crippen molar-refractivity contribution in [2.45, 2.75) is 63.0 Å². The lowest BCUT2D eigenvalue weighted by Gasteiger charge is -2.63. The van der Waals surface area contributed by atoms with E-state index in [0.29, 0.717) is 19.3 Å². The topological polar surface area (TPSA) is 112 Å². The quantitative estimate of drug-likeness (QED) is 0.465. The van der Waals surface area contributed by atoms with E-state index in [0.717, 1.165) is 5.57 Å². The Balaban J connectivity index is 1.84. The van der Waals surface area contributed by atoms with Crippen LogP contribution in [0.25, 0.3) is 0 Å². The Labute approximate surface area is 174 Å². The fraction of sp³-hybridized carbons (Fsp3) is 0.682. The molecule has 0 saturated heterocycles. The number of allylic oxidation sites excluding steroid dienone is 4. The van der Waals surface area contributed by atoms with Gasteiger partial charge < -0.3 is 15.3 Å². The lowest BCUT2D eigenvalue weighted by Crippen LogP contribution is -2.69. The predicted molar refractivity (Wildman–Crippen MR) is 105 cm³/mol. The van der Waals surface area contributed by atoms with Gasteiger partial charge in [0.2, 0.25) is 0 Å². The van der Waals surface area contributed by atoms with Crippen molar-refractivity contribution in [2.24, 2.45) is 28.6 Å². The van der Waals surface area contributed by atoms with Gasteiger partial charge in [-0.3, -0.25) is 9.59 Å². The smallest absolute Gasteiger partial charge is 0.375 e. The highest BCUT2D eigenvalue weighted by atomic mass is 35.5. The van der Waals surface area contributed by atoms with Gasteiger partial charge >= 0.3 is 5.97 Å². The fourth-order valence-electron chi connectivity index (χ4n) is 7.19. The maximum absolute atomic E-state index is 12.6. The number of carboxylic acid groups (broad SMARTS) is 1. The third-order valence-electron chi connectivity index (χ3n) is 8.76. The SMILES string of the molecule is CC1C[C@H]2[C@@H]3CCC4=CC(=O)C=C[C@]4(C)[C@@]3(Cl)C(O)C[C@]2(C)[C@@]1(O)C(=O)C(=O)O. The highest BCUT2D eigenvalue weighted by Crippen LogP contribution is 2.71. The Morgan fingerprint density at radius 1 is 1.24 bits per heavy atom. The van der Waals surface area contributed by atoms with Crippen molar-refractivity contribution in [2.75, 3.05) is 0 Å². The number of ketones is 2. The molecule has 4 aliphatic carbocycles. The van der Waals surface area contributed by atoms with E-state index in [-0.39, 0.29) is 24.0 Å². The van der Waals surface area contributed by atoms with E-state index in [1.54, 1.807) is 26.0 Å². The third kappa shape index (κ3) is 2.23. The monoisotopic (exact) mass is 422 g/mol. The summed E-state index contributed by atoms with van der Waals surface area (Å²) >= 11 is 7.27. The molecule has 7 heteroatoms. The molecular weight excluding hydrogens is 396 g/mol. The zero-order valence-corrected chi connectivity index (χ0v) is 17.6. The van der Waals surface area contributed by atoms with Crippen LogP contribution in [0.3, 0.4) is 0 Å². The number of Topliss-reactive ketones (excluding diaryl/α,β-unsaturated/α-hetero) is 1. The van der Waals surface area contributed by atoms with Crippen molar-refractivity contribution in [1.82, 2.24) is 0 Å². The van der Waals surface area contributed by atoms with Crippen molar-refractivity contribution in [3.05, 3.63) is 23.8 Å². The molecule has 2 unspecified atom stereocenters. The molecule has 0 radical (unpaired) electrons. The standard InChI is InChI=1S/C22H27ClO6/c1-11-8-15-14-5-4-12-9-13(24)6-7-19(12,2)21(14,23)16(25)10-20(15,3)22(11,29)17(26)18(27)28/h6-7,9,11,14-16,25,29H,4-5,8,10H2,1-3H3,(H,27,28)/t11?,14-,15-,16?,19-,20-,21-,22-/m0/s1. The van der Waals surface area contributed by atoms with Gasteiger partial charge in [0.25, 0.3) is 5.78 Å². The second kappa shape index (κ2) is 6.02. The van der Waals surface area contributed by atoms with Crippen molar-refractivity contribution in [1.29, 1.82) is 0 Å². The van der Waals surface area contributed by atoms with Crippen molar-refractivity contribution < 1.29 is 29.7 Å². The summed E-state index contributed by atoms with van der Waals surface area (Å²) in [6, 6.07) is 0. The molecule has 6 nitrogen and oxygen atoms in total. The first kappa shape index (κ1) is 20.8. The molecule has 3 saturated carbocycles. The van der Waals surface area contributed by atoms with Gasteiger partial charge in [0, 0.05) is 10.8 Å². The van der Waals surface area contributed by atoms with Gasteiger partial charge in [0.15, 0.2) is 5.78 Å². The Morgan fingerprint density at radius 3 is 2.52 bits per heavy atom. The summed E-state index contributed by atoms with van der Waals surface area (Å²) < 4.78 is 0. The van der Waals surface area contributed by atoms with Crippen LogP contribution in [0.1, 0.15) is 46.5 Å². The molecule has 8 atom stereocenters. The minimum Gasteiger partial charge on any atom is -0.475 e. The fourth-order valence-corrected chi connectivity index (χ4v) is 7.72. The molecule has 158 valence electrons. The number of carbonyl (C=O) groups excluding carboxylic acids is 2.